The third kappa shape index (κ3) is 2.29. The summed E-state index contributed by atoms with van der Waals surface area (Å²) in [6, 6.07) is 7.92. The van der Waals surface area contributed by atoms with Crippen LogP contribution in [0.4, 0.5) is 5.69 Å². The van der Waals surface area contributed by atoms with Gasteiger partial charge in [-0.2, -0.15) is 0 Å². The van der Waals surface area contributed by atoms with Gasteiger partial charge in [0.25, 0.3) is 0 Å². The van der Waals surface area contributed by atoms with E-state index in [-0.39, 0.29) is 5.91 Å². The second-order valence-corrected chi connectivity index (χ2v) is 4.56. The van der Waals surface area contributed by atoms with Crippen molar-refractivity contribution in [1.29, 1.82) is 0 Å². The Labute approximate surface area is 110 Å². The van der Waals surface area contributed by atoms with Gasteiger partial charge in [-0.05, 0) is 18.6 Å². The number of carbonyl (C=O) groups is 1. The number of amides is 1. The highest BCUT2D eigenvalue weighted by Crippen LogP contribution is 2.21. The Hall–Kier alpha value is -2.37. The maximum Gasteiger partial charge on any atom is 0.242 e. The summed E-state index contributed by atoms with van der Waals surface area (Å²) in [4.78, 5) is 13.9. The summed E-state index contributed by atoms with van der Waals surface area (Å²) in [5.74, 6) is 0.0404. The largest absolute Gasteiger partial charge is 0.376 e. The highest BCUT2D eigenvalue weighted by molar-refractivity contribution is 5.82. The minimum absolute atomic E-state index is 0.0404. The number of aromatic nitrogens is 2. The number of fused-ring (bicyclic) bond motifs is 1. The van der Waals surface area contributed by atoms with Crippen LogP contribution in [0.25, 0.3) is 0 Å². The van der Waals surface area contributed by atoms with Crippen molar-refractivity contribution in [1.82, 2.24) is 15.2 Å². The maximum absolute atomic E-state index is 12.1. The van der Waals surface area contributed by atoms with Gasteiger partial charge in [0.2, 0.25) is 5.91 Å². The summed E-state index contributed by atoms with van der Waals surface area (Å²) >= 11 is 0. The van der Waals surface area contributed by atoms with Gasteiger partial charge in [-0.25, -0.2) is 4.63 Å². The highest BCUT2D eigenvalue weighted by Gasteiger charge is 2.21. The first kappa shape index (κ1) is 11.7. The van der Waals surface area contributed by atoms with Gasteiger partial charge >= 0.3 is 0 Å². The van der Waals surface area contributed by atoms with Crippen LogP contribution in [0.15, 0.2) is 28.9 Å². The Morgan fingerprint density at radius 1 is 1.37 bits per heavy atom. The first-order valence-corrected chi connectivity index (χ1v) is 6.11. The maximum atomic E-state index is 12.1. The summed E-state index contributed by atoms with van der Waals surface area (Å²) in [6.07, 6.45) is 0. The fourth-order valence-corrected chi connectivity index (χ4v) is 2.12. The van der Waals surface area contributed by atoms with Crippen LogP contribution in [0.3, 0.4) is 0 Å². The molecule has 0 aliphatic carbocycles. The van der Waals surface area contributed by atoms with Crippen LogP contribution in [0, 0.1) is 6.92 Å². The second-order valence-electron chi connectivity index (χ2n) is 4.56. The van der Waals surface area contributed by atoms with Crippen molar-refractivity contribution in [2.24, 2.45) is 0 Å². The number of nitrogens with one attached hydrogen (secondary N) is 1. The lowest BCUT2D eigenvalue weighted by atomic mass is 10.1. The predicted molar refractivity (Wildman–Crippen MR) is 68.2 cm³/mol. The molecule has 0 saturated heterocycles. The molecule has 0 radical (unpaired) electrons. The highest BCUT2D eigenvalue weighted by atomic mass is 16.6. The van der Waals surface area contributed by atoms with Crippen LogP contribution in [0.2, 0.25) is 0 Å². The van der Waals surface area contributed by atoms with Crippen LogP contribution in [0.1, 0.15) is 17.0 Å². The number of hydrogen-bond acceptors (Lipinski definition) is 5. The second kappa shape index (κ2) is 4.72. The first-order chi connectivity index (χ1) is 9.24. The summed E-state index contributed by atoms with van der Waals surface area (Å²) in [6.45, 7) is 3.10. The van der Waals surface area contributed by atoms with E-state index < -0.39 is 0 Å². The van der Waals surface area contributed by atoms with Crippen molar-refractivity contribution in [2.45, 2.75) is 20.0 Å². The molecule has 1 N–H and O–H groups in total. The minimum Gasteiger partial charge on any atom is -0.376 e. The quantitative estimate of drug-likeness (QED) is 0.880. The van der Waals surface area contributed by atoms with Crippen molar-refractivity contribution in [3.05, 3.63) is 41.2 Å². The van der Waals surface area contributed by atoms with Gasteiger partial charge in [0, 0.05) is 12.2 Å². The summed E-state index contributed by atoms with van der Waals surface area (Å²) in [7, 11) is 0. The zero-order chi connectivity index (χ0) is 13.2. The van der Waals surface area contributed by atoms with E-state index in [0.717, 1.165) is 16.9 Å². The monoisotopic (exact) mass is 258 g/mol. The number of nitrogens with zero attached hydrogens (tertiary/aromatic N) is 3. The molecule has 2 heterocycles. The van der Waals surface area contributed by atoms with Crippen LogP contribution in [-0.2, 0) is 17.9 Å². The molecule has 1 aromatic heterocycles. The van der Waals surface area contributed by atoms with Crippen molar-refractivity contribution in [3.63, 3.8) is 0 Å². The molecular weight excluding hydrogens is 244 g/mol. The predicted octanol–water partition coefficient (Wildman–Crippen LogP) is 1.33. The van der Waals surface area contributed by atoms with Gasteiger partial charge < -0.3 is 10.2 Å². The summed E-state index contributed by atoms with van der Waals surface area (Å²) in [5, 5.41) is 10.7. The van der Waals surface area contributed by atoms with Gasteiger partial charge in [-0.3, -0.25) is 4.79 Å². The van der Waals surface area contributed by atoms with E-state index in [1.807, 2.05) is 31.2 Å². The third-order valence-electron chi connectivity index (χ3n) is 3.25. The van der Waals surface area contributed by atoms with E-state index in [0.29, 0.717) is 25.3 Å². The van der Waals surface area contributed by atoms with Crippen molar-refractivity contribution >= 4 is 11.6 Å². The molecular formula is C13H14N4O2. The minimum atomic E-state index is 0.0404. The smallest absolute Gasteiger partial charge is 0.242 e. The summed E-state index contributed by atoms with van der Waals surface area (Å²) < 4.78 is 4.67. The molecule has 1 amide bonds. The number of carbonyl (C=O) groups excluding carboxylic acids is 1. The summed E-state index contributed by atoms with van der Waals surface area (Å²) in [5.41, 5.74) is 3.53. The van der Waals surface area contributed by atoms with E-state index >= 15 is 0 Å². The van der Waals surface area contributed by atoms with Crippen LogP contribution < -0.4 is 5.32 Å². The van der Waals surface area contributed by atoms with Crippen molar-refractivity contribution in [3.8, 4) is 0 Å². The number of para-hydroxylation sites is 1. The zero-order valence-electron chi connectivity index (χ0n) is 10.6. The molecule has 0 fully saturated rings. The number of hydrogen-bond donors (Lipinski definition) is 1. The average Bonchev–Trinajstić information content (AvgIpc) is 2.74. The molecule has 6 heteroatoms. The third-order valence-corrected chi connectivity index (χ3v) is 3.25. The average molecular weight is 258 g/mol. The van der Waals surface area contributed by atoms with Crippen molar-refractivity contribution in [2.75, 3.05) is 11.9 Å². The lowest BCUT2D eigenvalue weighted by Gasteiger charge is -2.19. The molecule has 0 atom stereocenters. The molecule has 6 nitrogen and oxygen atoms in total. The van der Waals surface area contributed by atoms with E-state index in [9.17, 15) is 4.79 Å². The molecule has 1 aliphatic rings. The van der Waals surface area contributed by atoms with Crippen molar-refractivity contribution < 1.29 is 9.42 Å². The van der Waals surface area contributed by atoms with Crippen LogP contribution >= 0.6 is 0 Å². The molecule has 3 rings (SSSR count). The van der Waals surface area contributed by atoms with E-state index in [2.05, 4.69) is 20.3 Å². The van der Waals surface area contributed by atoms with Gasteiger partial charge in [0.1, 0.15) is 11.4 Å². The number of aryl methyl sites for hydroxylation is 1. The molecule has 0 unspecified atom stereocenters. The SMILES string of the molecule is Cc1nonc1CN1Cc2ccccc2NCC1=O. The Balaban J connectivity index is 1.85. The molecule has 0 saturated carbocycles. The zero-order valence-corrected chi connectivity index (χ0v) is 10.6. The van der Waals surface area contributed by atoms with Crippen LogP contribution in [-0.4, -0.2) is 27.7 Å². The number of rotatable bonds is 2. The molecule has 1 aliphatic heterocycles. The van der Waals surface area contributed by atoms with E-state index in [1.54, 1.807) is 4.90 Å². The lowest BCUT2D eigenvalue weighted by Crippen LogP contribution is -2.32. The Kier molecular flexibility index (Phi) is 2.91. The number of anilines is 1. The molecule has 2 aromatic rings. The Morgan fingerprint density at radius 3 is 3.00 bits per heavy atom. The molecule has 98 valence electrons. The van der Waals surface area contributed by atoms with Gasteiger partial charge in [-0.1, -0.05) is 28.5 Å². The topological polar surface area (TPSA) is 71.3 Å². The molecule has 0 spiro atoms. The standard InChI is InChI=1S/C13H14N4O2/c1-9-12(16-19-15-9)8-17-7-10-4-2-3-5-11(10)14-6-13(17)18/h2-5,14H,6-8H2,1H3. The van der Waals surface area contributed by atoms with Gasteiger partial charge in [-0.15, -0.1) is 0 Å². The molecule has 0 bridgehead atoms. The van der Waals surface area contributed by atoms with Crippen LogP contribution in [0.5, 0.6) is 0 Å². The molecule has 19 heavy (non-hydrogen) atoms. The van der Waals surface area contributed by atoms with Gasteiger partial charge in [0.15, 0.2) is 0 Å². The Morgan fingerprint density at radius 2 is 2.21 bits per heavy atom. The normalized spacial score (nSPS) is 14.8. The lowest BCUT2D eigenvalue weighted by molar-refractivity contribution is -0.130. The van der Waals surface area contributed by atoms with E-state index in [4.69, 9.17) is 0 Å². The Bertz CT molecular complexity index is 608. The molecule has 1 aromatic carbocycles. The van der Waals surface area contributed by atoms with E-state index in [1.165, 1.54) is 0 Å². The number of benzene rings is 1. The fraction of sp³-hybridized carbons (Fsp3) is 0.308. The first-order valence-electron chi connectivity index (χ1n) is 6.11. The fourth-order valence-electron chi connectivity index (χ4n) is 2.12. The van der Waals surface area contributed by atoms with Gasteiger partial charge in [0.05, 0.1) is 13.1 Å².